The van der Waals surface area contributed by atoms with Gasteiger partial charge in [0, 0.05) is 10.9 Å². The third kappa shape index (κ3) is 1.78. The van der Waals surface area contributed by atoms with Crippen molar-refractivity contribution in [3.8, 4) is 0 Å². The zero-order valence-electron chi connectivity index (χ0n) is 9.14. The largest absolute Gasteiger partial charge is 0.434 e. The summed E-state index contributed by atoms with van der Waals surface area (Å²) in [6, 6.07) is 7.38. The number of hydrogen-bond donors (Lipinski definition) is 1. The van der Waals surface area contributed by atoms with Crippen LogP contribution in [0.3, 0.4) is 0 Å². The summed E-state index contributed by atoms with van der Waals surface area (Å²) in [5.41, 5.74) is 2.44. The van der Waals surface area contributed by atoms with Crippen LogP contribution in [-0.2, 0) is 4.74 Å². The lowest BCUT2D eigenvalue weighted by atomic mass is 10.1. The summed E-state index contributed by atoms with van der Waals surface area (Å²) in [6.45, 7) is 1.93. The SMILES string of the molecule is Cc1csc(N[C@@H]2OC(=O)c3ccccc32)n1. The molecule has 0 spiro atoms. The Hall–Kier alpha value is -1.88. The Morgan fingerprint density at radius 3 is 3.00 bits per heavy atom. The Morgan fingerprint density at radius 1 is 1.41 bits per heavy atom. The van der Waals surface area contributed by atoms with Crippen LogP contribution >= 0.6 is 11.3 Å². The molecule has 1 N–H and O–H groups in total. The highest BCUT2D eigenvalue weighted by atomic mass is 32.1. The quantitative estimate of drug-likeness (QED) is 0.828. The van der Waals surface area contributed by atoms with Gasteiger partial charge in [0.25, 0.3) is 0 Å². The van der Waals surface area contributed by atoms with Crippen molar-refractivity contribution in [3.05, 3.63) is 46.5 Å². The Labute approximate surface area is 102 Å². The van der Waals surface area contributed by atoms with Gasteiger partial charge in [0.1, 0.15) is 0 Å². The molecule has 86 valence electrons. The number of fused-ring (bicyclic) bond motifs is 1. The van der Waals surface area contributed by atoms with Gasteiger partial charge in [-0.1, -0.05) is 18.2 Å². The molecule has 1 aromatic carbocycles. The number of aromatic nitrogens is 1. The van der Waals surface area contributed by atoms with Crippen molar-refractivity contribution in [2.24, 2.45) is 0 Å². The van der Waals surface area contributed by atoms with E-state index in [1.807, 2.05) is 30.5 Å². The predicted octanol–water partition coefficient (Wildman–Crippen LogP) is 2.73. The molecule has 0 saturated heterocycles. The molecule has 3 rings (SSSR count). The summed E-state index contributed by atoms with van der Waals surface area (Å²) in [4.78, 5) is 15.9. The number of ether oxygens (including phenoxy) is 1. The van der Waals surface area contributed by atoms with Crippen LogP contribution in [0.5, 0.6) is 0 Å². The molecule has 4 nitrogen and oxygen atoms in total. The first-order valence-corrected chi connectivity index (χ1v) is 6.10. The van der Waals surface area contributed by atoms with Crippen molar-refractivity contribution in [1.82, 2.24) is 4.98 Å². The first-order valence-electron chi connectivity index (χ1n) is 5.22. The van der Waals surface area contributed by atoms with E-state index in [9.17, 15) is 4.79 Å². The highest BCUT2D eigenvalue weighted by molar-refractivity contribution is 7.13. The van der Waals surface area contributed by atoms with Crippen molar-refractivity contribution in [2.45, 2.75) is 13.2 Å². The smallest absolute Gasteiger partial charge is 0.340 e. The number of carbonyl (C=O) groups excluding carboxylic acids is 1. The number of nitrogens with one attached hydrogen (secondary N) is 1. The van der Waals surface area contributed by atoms with Gasteiger partial charge in [-0.2, -0.15) is 0 Å². The number of thiazole rings is 1. The third-order valence-corrected chi connectivity index (χ3v) is 3.45. The van der Waals surface area contributed by atoms with Gasteiger partial charge in [-0.3, -0.25) is 0 Å². The molecular weight excluding hydrogens is 236 g/mol. The van der Waals surface area contributed by atoms with Crippen molar-refractivity contribution < 1.29 is 9.53 Å². The van der Waals surface area contributed by atoms with Gasteiger partial charge < -0.3 is 10.1 Å². The molecule has 1 atom stereocenters. The van der Waals surface area contributed by atoms with Crippen LogP contribution in [0.2, 0.25) is 0 Å². The van der Waals surface area contributed by atoms with E-state index in [0.29, 0.717) is 5.56 Å². The number of esters is 1. The zero-order valence-corrected chi connectivity index (χ0v) is 9.95. The molecule has 0 amide bonds. The summed E-state index contributed by atoms with van der Waals surface area (Å²) in [6.07, 6.45) is -0.427. The molecule has 0 unspecified atom stereocenters. The molecule has 0 radical (unpaired) electrons. The van der Waals surface area contributed by atoms with Crippen molar-refractivity contribution >= 4 is 22.4 Å². The standard InChI is InChI=1S/C12H10N2O2S/c1-7-6-17-12(13-7)14-10-8-4-2-3-5-9(8)11(15)16-10/h2-6,10H,1H3,(H,13,14)/t10-/m1/s1. The van der Waals surface area contributed by atoms with Gasteiger partial charge in [0.2, 0.25) is 6.23 Å². The van der Waals surface area contributed by atoms with Crippen LogP contribution in [0.15, 0.2) is 29.6 Å². The highest BCUT2D eigenvalue weighted by Gasteiger charge is 2.30. The number of cyclic esters (lactones) is 1. The molecule has 0 fully saturated rings. The second kappa shape index (κ2) is 3.85. The fourth-order valence-corrected chi connectivity index (χ4v) is 2.49. The Bertz CT molecular complexity index is 579. The lowest BCUT2D eigenvalue weighted by Gasteiger charge is -2.11. The number of rotatable bonds is 2. The van der Waals surface area contributed by atoms with E-state index in [4.69, 9.17) is 4.74 Å². The molecule has 1 aromatic heterocycles. The highest BCUT2D eigenvalue weighted by Crippen LogP contribution is 2.31. The molecule has 0 saturated carbocycles. The van der Waals surface area contributed by atoms with E-state index in [-0.39, 0.29) is 5.97 Å². The fourth-order valence-electron chi connectivity index (χ4n) is 1.79. The van der Waals surface area contributed by atoms with Gasteiger partial charge in [0.15, 0.2) is 5.13 Å². The average molecular weight is 246 g/mol. The minimum absolute atomic E-state index is 0.286. The van der Waals surface area contributed by atoms with Crippen LogP contribution in [-0.4, -0.2) is 11.0 Å². The number of carbonyl (C=O) groups is 1. The fraction of sp³-hybridized carbons (Fsp3) is 0.167. The molecule has 0 aliphatic carbocycles. The minimum atomic E-state index is -0.427. The van der Waals surface area contributed by atoms with Gasteiger partial charge in [-0.05, 0) is 13.0 Å². The van der Waals surface area contributed by atoms with Gasteiger partial charge in [0.05, 0.1) is 11.3 Å². The lowest BCUT2D eigenvalue weighted by molar-refractivity contribution is 0.0437. The number of anilines is 1. The maximum Gasteiger partial charge on any atom is 0.340 e. The average Bonchev–Trinajstić information content (AvgIpc) is 2.86. The van der Waals surface area contributed by atoms with E-state index < -0.39 is 6.23 Å². The van der Waals surface area contributed by atoms with Crippen molar-refractivity contribution in [1.29, 1.82) is 0 Å². The number of benzene rings is 1. The van der Waals surface area contributed by atoms with E-state index in [0.717, 1.165) is 16.4 Å². The van der Waals surface area contributed by atoms with E-state index in [2.05, 4.69) is 10.3 Å². The Morgan fingerprint density at radius 2 is 2.24 bits per heavy atom. The minimum Gasteiger partial charge on any atom is -0.434 e. The molecular formula is C12H10N2O2S. The maximum absolute atomic E-state index is 11.6. The molecule has 17 heavy (non-hydrogen) atoms. The monoisotopic (exact) mass is 246 g/mol. The maximum atomic E-state index is 11.6. The Kier molecular flexibility index (Phi) is 2.33. The second-order valence-electron chi connectivity index (χ2n) is 3.81. The topological polar surface area (TPSA) is 51.2 Å². The van der Waals surface area contributed by atoms with Crippen molar-refractivity contribution in [2.75, 3.05) is 5.32 Å². The first-order chi connectivity index (χ1) is 8.24. The molecule has 2 aromatic rings. The van der Waals surface area contributed by atoms with E-state index >= 15 is 0 Å². The summed E-state index contributed by atoms with van der Waals surface area (Å²) < 4.78 is 5.26. The second-order valence-corrected chi connectivity index (χ2v) is 4.67. The summed E-state index contributed by atoms with van der Waals surface area (Å²) in [7, 11) is 0. The zero-order chi connectivity index (χ0) is 11.8. The lowest BCUT2D eigenvalue weighted by Crippen LogP contribution is -2.09. The molecule has 1 aliphatic rings. The number of nitrogens with zero attached hydrogens (tertiary/aromatic N) is 1. The first kappa shape index (κ1) is 10.3. The van der Waals surface area contributed by atoms with Crippen LogP contribution < -0.4 is 5.32 Å². The summed E-state index contributed by atoms with van der Waals surface area (Å²) in [5.74, 6) is -0.286. The predicted molar refractivity (Wildman–Crippen MR) is 65.1 cm³/mol. The van der Waals surface area contributed by atoms with E-state index in [1.165, 1.54) is 11.3 Å². The molecule has 2 heterocycles. The number of hydrogen-bond acceptors (Lipinski definition) is 5. The van der Waals surface area contributed by atoms with Crippen molar-refractivity contribution in [3.63, 3.8) is 0 Å². The summed E-state index contributed by atoms with van der Waals surface area (Å²) >= 11 is 1.50. The van der Waals surface area contributed by atoms with Gasteiger partial charge in [-0.25, -0.2) is 9.78 Å². The van der Waals surface area contributed by atoms with Crippen LogP contribution in [0.4, 0.5) is 5.13 Å². The molecule has 0 bridgehead atoms. The molecule has 1 aliphatic heterocycles. The van der Waals surface area contributed by atoms with Gasteiger partial charge in [-0.15, -0.1) is 11.3 Å². The van der Waals surface area contributed by atoms with Crippen LogP contribution in [0, 0.1) is 6.92 Å². The normalized spacial score (nSPS) is 17.7. The van der Waals surface area contributed by atoms with E-state index in [1.54, 1.807) is 6.07 Å². The summed E-state index contributed by atoms with van der Waals surface area (Å²) in [5, 5.41) is 5.82. The third-order valence-electron chi connectivity index (χ3n) is 2.56. The van der Waals surface area contributed by atoms with Gasteiger partial charge >= 0.3 is 5.97 Å². The van der Waals surface area contributed by atoms with Crippen LogP contribution in [0.1, 0.15) is 27.8 Å². The Balaban J connectivity index is 1.89. The molecule has 5 heteroatoms. The van der Waals surface area contributed by atoms with Crippen LogP contribution in [0.25, 0.3) is 0 Å². The number of aryl methyl sites for hydroxylation is 1.